The van der Waals surface area contributed by atoms with Crippen LogP contribution in [-0.4, -0.2) is 29.9 Å². The number of hydrogen-bond acceptors (Lipinski definition) is 2. The van der Waals surface area contributed by atoms with Crippen molar-refractivity contribution in [3.63, 3.8) is 0 Å². The number of benzene rings is 1. The fraction of sp³-hybridized carbons (Fsp3) is 0.632. The number of rotatable bonds is 2. The van der Waals surface area contributed by atoms with Crippen LogP contribution in [0.5, 0.6) is 0 Å². The summed E-state index contributed by atoms with van der Waals surface area (Å²) >= 11 is 6.03. The minimum atomic E-state index is 0.180. The van der Waals surface area contributed by atoms with Gasteiger partial charge >= 0.3 is 0 Å². The van der Waals surface area contributed by atoms with Crippen LogP contribution in [0.4, 0.5) is 0 Å². The first kappa shape index (κ1) is 16.8. The lowest BCUT2D eigenvalue weighted by Crippen LogP contribution is -2.45. The molecule has 1 aromatic rings. The van der Waals surface area contributed by atoms with Gasteiger partial charge in [-0.15, -0.1) is 0 Å². The van der Waals surface area contributed by atoms with Gasteiger partial charge in [-0.1, -0.05) is 36.6 Å². The number of nitrogens with zero attached hydrogens (tertiary/aromatic N) is 1. The predicted octanol–water partition coefficient (Wildman–Crippen LogP) is 4.17. The van der Waals surface area contributed by atoms with E-state index < -0.39 is 0 Å². The molecule has 0 radical (unpaired) electrons. The molecule has 23 heavy (non-hydrogen) atoms. The zero-order chi connectivity index (χ0) is 16.2. The van der Waals surface area contributed by atoms with Crippen molar-refractivity contribution < 1.29 is 4.79 Å². The van der Waals surface area contributed by atoms with Crippen LogP contribution in [0.2, 0.25) is 5.02 Å². The van der Waals surface area contributed by atoms with Crippen molar-refractivity contribution in [2.75, 3.05) is 13.1 Å². The Labute approximate surface area is 144 Å². The Balaban J connectivity index is 1.80. The maximum atomic E-state index is 13.2. The predicted molar refractivity (Wildman–Crippen MR) is 94.6 cm³/mol. The standard InChI is InChI=1S/C19H27ClN2O/c1-14-13-16(10-11-21-14)19(23)22-12-4-2-3-5-18(22)15-6-8-17(20)9-7-15/h6-9,14,16,18,21H,2-5,10-13H2,1H3/t14-,16-,18?/m0/s1. The van der Waals surface area contributed by atoms with Gasteiger partial charge in [0.05, 0.1) is 6.04 Å². The minimum Gasteiger partial charge on any atom is -0.335 e. The molecule has 0 saturated carbocycles. The third-order valence-electron chi connectivity index (χ3n) is 5.26. The summed E-state index contributed by atoms with van der Waals surface area (Å²) in [5.74, 6) is 0.541. The summed E-state index contributed by atoms with van der Waals surface area (Å²) in [5, 5.41) is 4.20. The number of nitrogens with one attached hydrogen (secondary N) is 1. The molecule has 1 unspecified atom stereocenters. The van der Waals surface area contributed by atoms with Crippen LogP contribution in [0.15, 0.2) is 24.3 Å². The molecule has 0 aromatic heterocycles. The van der Waals surface area contributed by atoms with Gasteiger partial charge < -0.3 is 10.2 Å². The molecule has 3 nitrogen and oxygen atoms in total. The molecular weight excluding hydrogens is 308 g/mol. The Bertz CT molecular complexity index is 531. The molecular formula is C19H27ClN2O. The van der Waals surface area contributed by atoms with E-state index in [4.69, 9.17) is 11.6 Å². The highest BCUT2D eigenvalue weighted by Crippen LogP contribution is 2.33. The van der Waals surface area contributed by atoms with E-state index in [-0.39, 0.29) is 12.0 Å². The SMILES string of the molecule is C[C@H]1C[C@@H](C(=O)N2CCCCCC2c2ccc(Cl)cc2)CCN1. The van der Waals surface area contributed by atoms with E-state index in [1.54, 1.807) is 0 Å². The summed E-state index contributed by atoms with van der Waals surface area (Å²) in [4.78, 5) is 15.3. The topological polar surface area (TPSA) is 32.3 Å². The zero-order valence-electron chi connectivity index (χ0n) is 13.9. The summed E-state index contributed by atoms with van der Waals surface area (Å²) in [6.45, 7) is 4.03. The van der Waals surface area contributed by atoms with Crippen LogP contribution in [0.25, 0.3) is 0 Å². The van der Waals surface area contributed by atoms with Crippen molar-refractivity contribution in [1.82, 2.24) is 10.2 Å². The van der Waals surface area contributed by atoms with Crippen molar-refractivity contribution in [2.24, 2.45) is 5.92 Å². The van der Waals surface area contributed by atoms with Crippen LogP contribution in [0.1, 0.15) is 57.1 Å². The molecule has 0 spiro atoms. The quantitative estimate of drug-likeness (QED) is 0.880. The Morgan fingerprint density at radius 1 is 1.17 bits per heavy atom. The smallest absolute Gasteiger partial charge is 0.226 e. The molecule has 1 N–H and O–H groups in total. The molecule has 126 valence electrons. The van der Waals surface area contributed by atoms with Gasteiger partial charge in [0, 0.05) is 23.5 Å². The van der Waals surface area contributed by atoms with E-state index in [1.165, 1.54) is 18.4 Å². The fourth-order valence-electron chi connectivity index (χ4n) is 3.99. The van der Waals surface area contributed by atoms with Gasteiger partial charge in [0.1, 0.15) is 0 Å². The molecule has 0 aliphatic carbocycles. The van der Waals surface area contributed by atoms with Crippen LogP contribution >= 0.6 is 11.6 Å². The van der Waals surface area contributed by atoms with Crippen LogP contribution in [0, 0.1) is 5.92 Å². The van der Waals surface area contributed by atoms with Gasteiger partial charge in [-0.2, -0.15) is 0 Å². The van der Waals surface area contributed by atoms with E-state index in [0.717, 1.165) is 43.8 Å². The summed E-state index contributed by atoms with van der Waals surface area (Å²) in [6, 6.07) is 8.72. The fourth-order valence-corrected chi connectivity index (χ4v) is 4.12. The number of hydrogen-bond donors (Lipinski definition) is 1. The van der Waals surface area contributed by atoms with Gasteiger partial charge in [-0.25, -0.2) is 0 Å². The van der Waals surface area contributed by atoms with E-state index in [0.29, 0.717) is 11.9 Å². The molecule has 2 fully saturated rings. The second-order valence-corrected chi connectivity index (χ2v) is 7.46. The molecule has 3 rings (SSSR count). The molecule has 2 saturated heterocycles. The average molecular weight is 335 g/mol. The first-order chi connectivity index (χ1) is 11.1. The molecule has 2 aliphatic heterocycles. The van der Waals surface area contributed by atoms with Crippen molar-refractivity contribution in [3.8, 4) is 0 Å². The summed E-state index contributed by atoms with van der Waals surface area (Å²) < 4.78 is 0. The average Bonchev–Trinajstić information content (AvgIpc) is 2.81. The summed E-state index contributed by atoms with van der Waals surface area (Å²) in [5.41, 5.74) is 1.23. The molecule has 2 aliphatic rings. The molecule has 1 aromatic carbocycles. The Hall–Kier alpha value is -1.06. The van der Waals surface area contributed by atoms with Gasteiger partial charge in [0.2, 0.25) is 5.91 Å². The highest BCUT2D eigenvalue weighted by molar-refractivity contribution is 6.30. The number of carbonyl (C=O) groups is 1. The van der Waals surface area contributed by atoms with E-state index >= 15 is 0 Å². The van der Waals surface area contributed by atoms with Gasteiger partial charge in [-0.05, 0) is 56.8 Å². The van der Waals surface area contributed by atoms with Crippen molar-refractivity contribution >= 4 is 17.5 Å². The maximum absolute atomic E-state index is 13.2. The number of likely N-dealkylation sites (tertiary alicyclic amines) is 1. The number of carbonyl (C=O) groups excluding carboxylic acids is 1. The number of amides is 1. The Kier molecular flexibility index (Phi) is 5.60. The number of halogens is 1. The normalized spacial score (nSPS) is 29.1. The lowest BCUT2D eigenvalue weighted by atomic mass is 9.90. The largest absolute Gasteiger partial charge is 0.335 e. The van der Waals surface area contributed by atoms with Crippen LogP contribution in [0.3, 0.4) is 0 Å². The van der Waals surface area contributed by atoms with Crippen molar-refractivity contribution in [2.45, 2.75) is 57.5 Å². The Morgan fingerprint density at radius 2 is 1.96 bits per heavy atom. The van der Waals surface area contributed by atoms with E-state index in [9.17, 15) is 4.79 Å². The highest BCUT2D eigenvalue weighted by atomic mass is 35.5. The maximum Gasteiger partial charge on any atom is 0.226 e. The lowest BCUT2D eigenvalue weighted by Gasteiger charge is -2.36. The lowest BCUT2D eigenvalue weighted by molar-refractivity contribution is -0.139. The van der Waals surface area contributed by atoms with Crippen LogP contribution < -0.4 is 5.32 Å². The minimum absolute atomic E-state index is 0.180. The van der Waals surface area contributed by atoms with Gasteiger partial charge in [-0.3, -0.25) is 4.79 Å². The molecule has 0 bridgehead atoms. The van der Waals surface area contributed by atoms with E-state index in [1.807, 2.05) is 12.1 Å². The Morgan fingerprint density at radius 3 is 2.70 bits per heavy atom. The van der Waals surface area contributed by atoms with Crippen molar-refractivity contribution in [1.29, 1.82) is 0 Å². The van der Waals surface area contributed by atoms with Gasteiger partial charge in [0.15, 0.2) is 0 Å². The monoisotopic (exact) mass is 334 g/mol. The molecule has 3 atom stereocenters. The van der Waals surface area contributed by atoms with Crippen LogP contribution in [-0.2, 0) is 4.79 Å². The first-order valence-electron chi connectivity index (χ1n) is 8.94. The summed E-state index contributed by atoms with van der Waals surface area (Å²) in [6.07, 6.45) is 6.52. The second-order valence-electron chi connectivity index (χ2n) is 7.02. The third-order valence-corrected chi connectivity index (χ3v) is 5.52. The van der Waals surface area contributed by atoms with Crippen molar-refractivity contribution in [3.05, 3.63) is 34.9 Å². The third kappa shape index (κ3) is 4.07. The van der Waals surface area contributed by atoms with Gasteiger partial charge in [0.25, 0.3) is 0 Å². The molecule has 4 heteroatoms. The second kappa shape index (κ2) is 7.67. The molecule has 1 amide bonds. The summed E-state index contributed by atoms with van der Waals surface area (Å²) in [7, 11) is 0. The van der Waals surface area contributed by atoms with E-state index in [2.05, 4.69) is 29.3 Å². The highest BCUT2D eigenvalue weighted by Gasteiger charge is 2.33. The zero-order valence-corrected chi connectivity index (χ0v) is 14.7. The first-order valence-corrected chi connectivity index (χ1v) is 9.32. The molecule has 2 heterocycles. The number of piperidine rings is 1.